The van der Waals surface area contributed by atoms with Crippen LogP contribution in [0.25, 0.3) is 0 Å². The number of carbonyl (C=O) groups excluding carboxylic acids is 1. The first-order valence-electron chi connectivity index (χ1n) is 7.90. The lowest BCUT2D eigenvalue weighted by atomic mass is 10.1. The molecule has 28 heavy (non-hydrogen) atoms. The molecule has 0 radical (unpaired) electrons. The van der Waals surface area contributed by atoms with E-state index in [1.165, 1.54) is 20.3 Å². The second-order valence-corrected chi connectivity index (χ2v) is 5.87. The number of alkyl halides is 3. The Labute approximate surface area is 163 Å². The normalized spacial score (nSPS) is 11.4. The van der Waals surface area contributed by atoms with Crippen molar-refractivity contribution in [3.63, 3.8) is 0 Å². The van der Waals surface area contributed by atoms with E-state index in [4.69, 9.17) is 25.8 Å². The first-order valence-corrected chi connectivity index (χ1v) is 8.27. The fraction of sp³-hybridized carbons (Fsp3) is 0.353. The Bertz CT molecular complexity index is 817. The number of nitrogens with zero attached hydrogens (tertiary/aromatic N) is 2. The van der Waals surface area contributed by atoms with Gasteiger partial charge < -0.3 is 19.5 Å². The molecule has 0 saturated heterocycles. The van der Waals surface area contributed by atoms with Gasteiger partial charge in [-0.25, -0.2) is 9.97 Å². The third-order valence-electron chi connectivity index (χ3n) is 3.45. The van der Waals surface area contributed by atoms with Crippen LogP contribution in [0.2, 0.25) is 5.02 Å². The minimum atomic E-state index is -4.62. The van der Waals surface area contributed by atoms with Gasteiger partial charge in [-0.05, 0) is 12.1 Å². The third kappa shape index (κ3) is 5.78. The van der Waals surface area contributed by atoms with Gasteiger partial charge in [0.1, 0.15) is 5.75 Å². The highest BCUT2D eigenvalue weighted by Gasteiger charge is 2.32. The highest BCUT2D eigenvalue weighted by atomic mass is 35.5. The first kappa shape index (κ1) is 21.9. The lowest BCUT2D eigenvalue weighted by molar-refractivity contribution is -0.141. The highest BCUT2D eigenvalue weighted by molar-refractivity contribution is 6.31. The Hall–Kier alpha value is -2.43. The summed E-state index contributed by atoms with van der Waals surface area (Å²) >= 11 is 6.07. The van der Waals surface area contributed by atoms with Crippen molar-refractivity contribution in [3.8, 4) is 5.75 Å². The lowest BCUT2D eigenvalue weighted by Crippen LogP contribution is -2.16. The molecule has 0 aliphatic rings. The van der Waals surface area contributed by atoms with Crippen molar-refractivity contribution in [1.29, 1.82) is 0 Å². The van der Waals surface area contributed by atoms with Gasteiger partial charge in [0.15, 0.2) is 11.5 Å². The average Bonchev–Trinajstić information content (AvgIpc) is 2.64. The molecule has 7 nitrogen and oxygen atoms in total. The summed E-state index contributed by atoms with van der Waals surface area (Å²) in [7, 11) is 2.91. The van der Waals surface area contributed by atoms with Crippen LogP contribution in [0.1, 0.15) is 21.6 Å². The Morgan fingerprint density at radius 1 is 1.18 bits per heavy atom. The van der Waals surface area contributed by atoms with Crippen LogP contribution in [0.5, 0.6) is 5.75 Å². The number of hydrogen-bond donors (Lipinski definition) is 1. The molecule has 0 unspecified atom stereocenters. The second kappa shape index (κ2) is 9.67. The molecule has 0 atom stereocenters. The smallest absolute Gasteiger partial charge is 0.434 e. The molecule has 11 heteroatoms. The van der Waals surface area contributed by atoms with E-state index in [1.54, 1.807) is 6.07 Å². The van der Waals surface area contributed by atoms with Gasteiger partial charge in [-0.2, -0.15) is 13.2 Å². The number of aromatic nitrogens is 2. The van der Waals surface area contributed by atoms with E-state index in [9.17, 15) is 18.0 Å². The molecular weight excluding hydrogens is 403 g/mol. The van der Waals surface area contributed by atoms with E-state index >= 15 is 0 Å². The summed E-state index contributed by atoms with van der Waals surface area (Å²) < 4.78 is 53.2. The SMILES string of the molecule is COCCOCc1cc(Cl)cc(C(=O)Nc2cnc(C(F)(F)F)cn2)c1OC. The Morgan fingerprint density at radius 2 is 1.93 bits per heavy atom. The fourth-order valence-electron chi connectivity index (χ4n) is 2.21. The van der Waals surface area contributed by atoms with E-state index < -0.39 is 17.8 Å². The van der Waals surface area contributed by atoms with Gasteiger partial charge in [-0.1, -0.05) is 11.6 Å². The molecule has 0 bridgehead atoms. The van der Waals surface area contributed by atoms with Crippen LogP contribution in [0.4, 0.5) is 19.0 Å². The zero-order chi connectivity index (χ0) is 20.7. The van der Waals surface area contributed by atoms with Crippen LogP contribution in [0.3, 0.4) is 0 Å². The Kier molecular flexibility index (Phi) is 7.55. The number of hydrogen-bond acceptors (Lipinski definition) is 6. The summed E-state index contributed by atoms with van der Waals surface area (Å²) in [6, 6.07) is 2.95. The van der Waals surface area contributed by atoms with Crippen LogP contribution in [-0.2, 0) is 22.3 Å². The molecule has 2 rings (SSSR count). The molecule has 1 heterocycles. The van der Waals surface area contributed by atoms with Gasteiger partial charge in [-0.15, -0.1) is 0 Å². The minimum absolute atomic E-state index is 0.0713. The molecule has 1 amide bonds. The number of rotatable bonds is 8. The Morgan fingerprint density at radius 3 is 2.50 bits per heavy atom. The largest absolute Gasteiger partial charge is 0.496 e. The van der Waals surface area contributed by atoms with Crippen LogP contribution in [0, 0.1) is 0 Å². The molecule has 0 aliphatic carbocycles. The first-order chi connectivity index (χ1) is 13.3. The molecule has 152 valence electrons. The second-order valence-electron chi connectivity index (χ2n) is 5.43. The maximum absolute atomic E-state index is 12.6. The standard InChI is InChI=1S/C17H17ClF3N3O4/c1-26-3-4-28-9-10-5-11(18)6-12(15(10)27-2)16(25)24-14-8-22-13(7-23-14)17(19,20)21/h5-8H,3-4,9H2,1-2H3,(H,23,24,25). The number of nitrogens with one attached hydrogen (secondary N) is 1. The summed E-state index contributed by atoms with van der Waals surface area (Å²) in [5.41, 5.74) is -0.571. The van der Waals surface area contributed by atoms with Crippen molar-refractivity contribution in [3.05, 3.63) is 46.4 Å². The van der Waals surface area contributed by atoms with Gasteiger partial charge in [-0.3, -0.25) is 4.79 Å². The zero-order valence-corrected chi connectivity index (χ0v) is 15.7. The van der Waals surface area contributed by atoms with E-state index in [0.717, 1.165) is 6.20 Å². The van der Waals surface area contributed by atoms with E-state index in [2.05, 4.69) is 15.3 Å². The number of amides is 1. The molecule has 0 saturated carbocycles. The summed E-state index contributed by atoms with van der Waals surface area (Å²) in [6.07, 6.45) is -3.28. The lowest BCUT2D eigenvalue weighted by Gasteiger charge is -2.15. The molecule has 2 aromatic rings. The van der Waals surface area contributed by atoms with Gasteiger partial charge in [0.25, 0.3) is 5.91 Å². The van der Waals surface area contributed by atoms with Crippen molar-refractivity contribution in [2.45, 2.75) is 12.8 Å². The summed E-state index contributed by atoms with van der Waals surface area (Å²) in [5, 5.41) is 2.62. The quantitative estimate of drug-likeness (QED) is 0.659. The van der Waals surface area contributed by atoms with Crippen LogP contribution in [-0.4, -0.2) is 43.3 Å². The van der Waals surface area contributed by atoms with Crippen LogP contribution >= 0.6 is 11.6 Å². The fourth-order valence-corrected chi connectivity index (χ4v) is 2.45. The third-order valence-corrected chi connectivity index (χ3v) is 3.67. The highest BCUT2D eigenvalue weighted by Crippen LogP contribution is 2.30. The predicted octanol–water partition coefficient (Wildman–Crippen LogP) is 3.57. The van der Waals surface area contributed by atoms with Gasteiger partial charge >= 0.3 is 6.18 Å². The molecule has 0 aliphatic heterocycles. The minimum Gasteiger partial charge on any atom is -0.496 e. The number of carbonyl (C=O) groups is 1. The van der Waals surface area contributed by atoms with E-state index in [-0.39, 0.29) is 28.8 Å². The Balaban J connectivity index is 2.20. The number of anilines is 1. The molecular formula is C17H17ClF3N3O4. The average molecular weight is 420 g/mol. The van der Waals surface area contributed by atoms with E-state index in [1.807, 2.05) is 0 Å². The maximum Gasteiger partial charge on any atom is 0.434 e. The van der Waals surface area contributed by atoms with Crippen molar-refractivity contribution in [2.24, 2.45) is 0 Å². The van der Waals surface area contributed by atoms with Gasteiger partial charge in [0.2, 0.25) is 0 Å². The van der Waals surface area contributed by atoms with Crippen molar-refractivity contribution in [2.75, 3.05) is 32.8 Å². The van der Waals surface area contributed by atoms with Crippen molar-refractivity contribution < 1.29 is 32.2 Å². The molecule has 0 fully saturated rings. The maximum atomic E-state index is 12.6. The summed E-state index contributed by atoms with van der Waals surface area (Å²) in [4.78, 5) is 19.4. The number of ether oxygens (including phenoxy) is 3. The van der Waals surface area contributed by atoms with Crippen LogP contribution in [0.15, 0.2) is 24.5 Å². The topological polar surface area (TPSA) is 82.6 Å². The summed E-state index contributed by atoms with van der Waals surface area (Å²) in [6.45, 7) is 0.838. The van der Waals surface area contributed by atoms with Gasteiger partial charge in [0, 0.05) is 17.7 Å². The number of benzene rings is 1. The predicted molar refractivity (Wildman–Crippen MR) is 94.5 cm³/mol. The molecule has 1 aromatic heterocycles. The monoisotopic (exact) mass is 419 g/mol. The summed E-state index contributed by atoms with van der Waals surface area (Å²) in [5.74, 6) is -0.608. The van der Waals surface area contributed by atoms with Crippen molar-refractivity contribution >= 4 is 23.3 Å². The molecule has 0 spiro atoms. The van der Waals surface area contributed by atoms with Crippen LogP contribution < -0.4 is 10.1 Å². The van der Waals surface area contributed by atoms with Crippen molar-refractivity contribution in [1.82, 2.24) is 9.97 Å². The molecule has 1 aromatic carbocycles. The molecule has 1 N–H and O–H groups in total. The number of halogens is 4. The van der Waals surface area contributed by atoms with E-state index in [0.29, 0.717) is 25.0 Å². The zero-order valence-electron chi connectivity index (χ0n) is 15.0. The number of methoxy groups -OCH3 is 2. The van der Waals surface area contributed by atoms with Gasteiger partial charge in [0.05, 0.1) is 44.9 Å².